The van der Waals surface area contributed by atoms with Crippen molar-refractivity contribution in [3.05, 3.63) is 0 Å². The summed E-state index contributed by atoms with van der Waals surface area (Å²) in [5.74, 6) is 0. The number of ether oxygens (including phenoxy) is 1. The summed E-state index contributed by atoms with van der Waals surface area (Å²) in [5.41, 5.74) is 0. The van der Waals surface area contributed by atoms with Crippen LogP contribution in [0.3, 0.4) is 0 Å². The third kappa shape index (κ3) is 6.96. The molecule has 0 aromatic carbocycles. The number of rotatable bonds is 2. The fraction of sp³-hybridized carbons (Fsp3) is 0.333. The lowest BCUT2D eigenvalue weighted by Gasteiger charge is -1.85. The Hall–Kier alpha value is -1.04. The average molecular weight is 151 g/mol. The van der Waals surface area contributed by atoms with E-state index in [4.69, 9.17) is 0 Å². The van der Waals surface area contributed by atoms with Crippen molar-refractivity contribution >= 4 is 21.8 Å². The van der Waals surface area contributed by atoms with Gasteiger partial charge in [-0.15, -0.1) is 0 Å². The van der Waals surface area contributed by atoms with E-state index in [1.807, 2.05) is 0 Å². The smallest absolute Gasteiger partial charge is 0.426 e. The van der Waals surface area contributed by atoms with Crippen molar-refractivity contribution in [1.29, 1.82) is 0 Å². The highest BCUT2D eigenvalue weighted by Gasteiger charge is 1.94. The molecule has 1 radical (unpaired) electrons. The predicted octanol–water partition coefficient (Wildman–Crippen LogP) is -0.765. The molecule has 0 aliphatic heterocycles. The molecule has 5 nitrogen and oxygen atoms in total. The number of hydrogen-bond donors (Lipinski definition) is 0. The lowest BCUT2D eigenvalue weighted by atomic mass is 10.9. The van der Waals surface area contributed by atoms with Crippen molar-refractivity contribution in [2.75, 3.05) is 6.61 Å². The van der Waals surface area contributed by atoms with Gasteiger partial charge < -0.3 is 4.74 Å². The molecule has 0 aliphatic rings. The molecular weight excluding hydrogens is 148 g/mol. The lowest BCUT2D eigenvalue weighted by molar-refractivity contribution is 0.0808. The summed E-state index contributed by atoms with van der Waals surface area (Å²) in [6.07, 6.45) is -1.74. The van der Waals surface area contributed by atoms with Gasteiger partial charge in [-0.3, -0.25) is 0 Å². The maximum atomic E-state index is 9.63. The van der Waals surface area contributed by atoms with E-state index in [2.05, 4.69) is 4.74 Å². The Morgan fingerprint density at radius 3 is 2.44 bits per heavy atom. The molecule has 9 heavy (non-hydrogen) atoms. The van der Waals surface area contributed by atoms with Crippen molar-refractivity contribution < 1.29 is 23.1 Å². The molecule has 0 N–H and O–H groups in total. The van der Waals surface area contributed by atoms with Gasteiger partial charge in [-0.1, -0.05) is 0 Å². The highest BCUT2D eigenvalue weighted by Crippen LogP contribution is 1.71. The van der Waals surface area contributed by atoms with Crippen molar-refractivity contribution in [3.63, 3.8) is 0 Å². The summed E-state index contributed by atoms with van der Waals surface area (Å²) in [4.78, 5) is 9.43. The Labute approximate surface area is 52.4 Å². The molecule has 0 fully saturated rings. The predicted molar refractivity (Wildman–Crippen MR) is 27.0 cm³/mol. The summed E-state index contributed by atoms with van der Waals surface area (Å²) in [7, 11) is -2.37. The molecule has 0 aromatic heterocycles. The normalized spacial score (nSPS) is 8.00. The van der Waals surface area contributed by atoms with Gasteiger partial charge >= 0.3 is 6.16 Å². The minimum atomic E-state index is -2.37. The fourth-order valence-corrected chi connectivity index (χ4v) is 0.337. The van der Waals surface area contributed by atoms with Crippen LogP contribution in [0.2, 0.25) is 0 Å². The number of hydrogen-bond acceptors (Lipinski definition) is 4. The Bertz CT molecular complexity index is 204. The van der Waals surface area contributed by atoms with Gasteiger partial charge in [0.05, 0.1) is 5.37 Å². The molecule has 0 unspecified atom stereocenters. The quantitative estimate of drug-likeness (QED) is 0.383. The van der Waals surface area contributed by atoms with Crippen LogP contribution in [0.25, 0.3) is 0 Å². The van der Waals surface area contributed by atoms with Crippen LogP contribution in [-0.2, 0) is 20.1 Å². The van der Waals surface area contributed by atoms with E-state index in [-0.39, 0.29) is 0 Å². The maximum absolute atomic E-state index is 9.63. The van der Waals surface area contributed by atoms with E-state index in [1.54, 1.807) is 0 Å². The highest BCUT2D eigenvalue weighted by molar-refractivity contribution is 7.71. The molecule has 0 aromatic rings. The number of carbonyl (C=O) groups excluding carboxylic acids is 1. The Balaban J connectivity index is 3.55. The standard InChI is InChI=1S/C3H3O5S/c4-3(5)8-1-2-9(6)7/h2H,1H2. The molecule has 6 heteroatoms. The van der Waals surface area contributed by atoms with E-state index in [1.165, 1.54) is 0 Å². The van der Waals surface area contributed by atoms with Crippen molar-refractivity contribution in [2.24, 2.45) is 0 Å². The van der Waals surface area contributed by atoms with Crippen LogP contribution in [0, 0.1) is 0 Å². The molecular formula is C3H3O5S. The molecule has 51 valence electrons. The Morgan fingerprint density at radius 1 is 1.56 bits per heavy atom. The zero-order valence-electron chi connectivity index (χ0n) is 4.23. The third-order valence-corrected chi connectivity index (χ3v) is 0.814. The SMILES string of the molecule is [O]C(=O)OCC=S(=O)=O. The van der Waals surface area contributed by atoms with Crippen LogP contribution in [-0.4, -0.2) is 26.5 Å². The molecule has 0 heterocycles. The van der Waals surface area contributed by atoms with Gasteiger partial charge in [-0.05, 0) is 0 Å². The van der Waals surface area contributed by atoms with Crippen LogP contribution in [0.1, 0.15) is 0 Å². The topological polar surface area (TPSA) is 80.3 Å². The van der Waals surface area contributed by atoms with Crippen LogP contribution in [0.15, 0.2) is 0 Å². The van der Waals surface area contributed by atoms with Gasteiger partial charge in [0.25, 0.3) is 0 Å². The van der Waals surface area contributed by atoms with E-state index < -0.39 is 23.1 Å². The molecule has 0 bridgehead atoms. The second kappa shape index (κ2) is 3.90. The van der Waals surface area contributed by atoms with Gasteiger partial charge in [0.1, 0.15) is 6.61 Å². The first-order valence-electron chi connectivity index (χ1n) is 1.88. The second-order valence-corrected chi connectivity index (χ2v) is 1.84. The average Bonchev–Trinajstić information content (AvgIpc) is 1.63. The molecule has 0 rings (SSSR count). The first-order valence-corrected chi connectivity index (χ1v) is 3.02. The van der Waals surface area contributed by atoms with Crippen LogP contribution in [0.5, 0.6) is 0 Å². The molecule has 0 amide bonds. The zero-order valence-corrected chi connectivity index (χ0v) is 5.05. The summed E-state index contributed by atoms with van der Waals surface area (Å²) in [6, 6.07) is 0. The largest absolute Gasteiger partial charge is 0.550 e. The molecule has 0 spiro atoms. The third-order valence-electron chi connectivity index (χ3n) is 0.405. The molecule has 0 saturated heterocycles. The van der Waals surface area contributed by atoms with E-state index >= 15 is 0 Å². The van der Waals surface area contributed by atoms with E-state index in [0.717, 1.165) is 0 Å². The van der Waals surface area contributed by atoms with Crippen LogP contribution < -0.4 is 0 Å². The maximum Gasteiger partial charge on any atom is 0.550 e. The first-order chi connectivity index (χ1) is 4.13. The minimum absolute atomic E-state index is 0.488. The number of carbonyl (C=O) groups is 1. The van der Waals surface area contributed by atoms with Crippen LogP contribution in [0.4, 0.5) is 4.79 Å². The zero-order chi connectivity index (χ0) is 7.28. The van der Waals surface area contributed by atoms with Gasteiger partial charge in [-0.25, -0.2) is 0 Å². The lowest BCUT2D eigenvalue weighted by Crippen LogP contribution is -2.00. The van der Waals surface area contributed by atoms with Crippen molar-refractivity contribution in [2.45, 2.75) is 0 Å². The second-order valence-electron chi connectivity index (χ2n) is 0.988. The summed E-state index contributed by atoms with van der Waals surface area (Å²) >= 11 is 0. The van der Waals surface area contributed by atoms with E-state index in [9.17, 15) is 18.3 Å². The summed E-state index contributed by atoms with van der Waals surface area (Å²) < 4.78 is 23.0. The van der Waals surface area contributed by atoms with Crippen LogP contribution >= 0.6 is 0 Å². The molecule has 0 aliphatic carbocycles. The summed E-state index contributed by atoms with van der Waals surface area (Å²) in [5, 5.41) is 10.1. The molecule has 0 atom stereocenters. The fourth-order valence-electron chi connectivity index (χ4n) is 0.158. The molecule has 0 saturated carbocycles. The van der Waals surface area contributed by atoms with Crippen molar-refractivity contribution in [1.82, 2.24) is 0 Å². The van der Waals surface area contributed by atoms with Crippen molar-refractivity contribution in [3.8, 4) is 0 Å². The minimum Gasteiger partial charge on any atom is -0.426 e. The van der Waals surface area contributed by atoms with Gasteiger partial charge in [0, 0.05) is 0 Å². The highest BCUT2D eigenvalue weighted by atomic mass is 32.2. The van der Waals surface area contributed by atoms with E-state index in [0.29, 0.717) is 5.37 Å². The summed E-state index contributed by atoms with van der Waals surface area (Å²) in [6.45, 7) is -0.488. The van der Waals surface area contributed by atoms with Gasteiger partial charge in [0.15, 0.2) is 0 Å². The Morgan fingerprint density at radius 2 is 2.11 bits per heavy atom. The van der Waals surface area contributed by atoms with Gasteiger partial charge in [-0.2, -0.15) is 18.3 Å². The van der Waals surface area contributed by atoms with Gasteiger partial charge in [0.2, 0.25) is 10.3 Å². The Kier molecular flexibility index (Phi) is 3.45. The monoisotopic (exact) mass is 151 g/mol. The first kappa shape index (κ1) is 7.96.